The first-order chi connectivity index (χ1) is 9.19. The smallest absolute Gasteiger partial charge is 0.0426 e. The van der Waals surface area contributed by atoms with Crippen molar-refractivity contribution in [3.8, 4) is 0 Å². The van der Waals surface area contributed by atoms with Crippen molar-refractivity contribution in [2.75, 3.05) is 5.32 Å². The monoisotopic (exact) mass is 275 g/mol. The number of aryl methyl sites for hydroxylation is 1. The lowest BCUT2D eigenvalue weighted by Gasteiger charge is -2.54. The van der Waals surface area contributed by atoms with Crippen molar-refractivity contribution in [1.29, 1.82) is 0 Å². The van der Waals surface area contributed by atoms with Crippen molar-refractivity contribution in [2.45, 2.75) is 45.1 Å². The van der Waals surface area contributed by atoms with E-state index in [1.54, 1.807) is 0 Å². The molecule has 1 N–H and O–H groups in total. The van der Waals surface area contributed by atoms with Gasteiger partial charge in [-0.25, -0.2) is 0 Å². The summed E-state index contributed by atoms with van der Waals surface area (Å²) in [4.78, 5) is 0. The Morgan fingerprint density at radius 2 is 1.63 bits per heavy atom. The number of halogens is 1. The molecule has 4 aliphatic rings. The Morgan fingerprint density at radius 3 is 2.26 bits per heavy atom. The van der Waals surface area contributed by atoms with Crippen molar-refractivity contribution < 1.29 is 0 Å². The average molecular weight is 276 g/mol. The predicted molar refractivity (Wildman–Crippen MR) is 80.6 cm³/mol. The minimum absolute atomic E-state index is 0.699. The molecular formula is C17H22ClN. The number of benzene rings is 1. The summed E-state index contributed by atoms with van der Waals surface area (Å²) < 4.78 is 0. The summed E-state index contributed by atoms with van der Waals surface area (Å²) in [6, 6.07) is 6.91. The lowest BCUT2D eigenvalue weighted by Crippen LogP contribution is -2.51. The first-order valence-electron chi connectivity index (χ1n) is 7.71. The van der Waals surface area contributed by atoms with E-state index < -0.39 is 0 Å². The lowest BCUT2D eigenvalue weighted by atomic mass is 9.54. The van der Waals surface area contributed by atoms with Crippen LogP contribution < -0.4 is 5.32 Å². The number of anilines is 1. The standard InChI is InChI=1S/C17H22ClN/c1-10-2-3-15(18)9-16(10)19-17-13-5-11-4-12(7-13)8-14(17)6-11/h2-3,9,11-14,17,19H,4-8H2,1H3. The molecule has 5 rings (SSSR count). The van der Waals surface area contributed by atoms with Gasteiger partial charge in [-0.05, 0) is 80.4 Å². The molecule has 1 aromatic carbocycles. The highest BCUT2D eigenvalue weighted by Gasteiger charge is 2.48. The molecule has 1 nitrogen and oxygen atoms in total. The Balaban J connectivity index is 1.58. The molecule has 0 heterocycles. The molecule has 102 valence electrons. The van der Waals surface area contributed by atoms with E-state index in [0.29, 0.717) is 6.04 Å². The van der Waals surface area contributed by atoms with Gasteiger partial charge < -0.3 is 5.32 Å². The van der Waals surface area contributed by atoms with Crippen molar-refractivity contribution in [3.63, 3.8) is 0 Å². The van der Waals surface area contributed by atoms with E-state index in [2.05, 4.69) is 24.4 Å². The zero-order valence-electron chi connectivity index (χ0n) is 11.5. The van der Waals surface area contributed by atoms with Crippen molar-refractivity contribution >= 4 is 17.3 Å². The zero-order valence-corrected chi connectivity index (χ0v) is 12.3. The molecular weight excluding hydrogens is 254 g/mol. The van der Waals surface area contributed by atoms with Gasteiger partial charge in [0.1, 0.15) is 0 Å². The van der Waals surface area contributed by atoms with Gasteiger partial charge in [0.15, 0.2) is 0 Å². The lowest BCUT2D eigenvalue weighted by molar-refractivity contribution is 0.00752. The van der Waals surface area contributed by atoms with Gasteiger partial charge in [0.2, 0.25) is 0 Å². The quantitative estimate of drug-likeness (QED) is 0.811. The Kier molecular flexibility index (Phi) is 2.80. The van der Waals surface area contributed by atoms with E-state index in [1.165, 1.54) is 43.4 Å². The molecule has 0 radical (unpaired) electrons. The zero-order chi connectivity index (χ0) is 13.0. The minimum Gasteiger partial charge on any atom is -0.381 e. The molecule has 0 spiro atoms. The fourth-order valence-electron chi connectivity index (χ4n) is 5.09. The summed E-state index contributed by atoms with van der Waals surface area (Å²) in [5.41, 5.74) is 2.57. The second-order valence-electron chi connectivity index (χ2n) is 7.06. The molecule has 0 aromatic heterocycles. The fraction of sp³-hybridized carbons (Fsp3) is 0.647. The van der Waals surface area contributed by atoms with Gasteiger partial charge >= 0.3 is 0 Å². The summed E-state index contributed by atoms with van der Waals surface area (Å²) in [7, 11) is 0. The average Bonchev–Trinajstić information content (AvgIpc) is 2.37. The van der Waals surface area contributed by atoms with Gasteiger partial charge in [0.25, 0.3) is 0 Å². The number of hydrogen-bond donors (Lipinski definition) is 1. The first-order valence-corrected chi connectivity index (χ1v) is 8.09. The van der Waals surface area contributed by atoms with Crippen molar-refractivity contribution in [1.82, 2.24) is 0 Å². The molecule has 0 saturated heterocycles. The highest BCUT2D eigenvalue weighted by molar-refractivity contribution is 6.30. The van der Waals surface area contributed by atoms with Crippen LogP contribution in [0.1, 0.15) is 37.7 Å². The maximum atomic E-state index is 6.15. The Morgan fingerprint density at radius 1 is 1.00 bits per heavy atom. The summed E-state index contributed by atoms with van der Waals surface area (Å²) in [6.07, 6.45) is 7.37. The van der Waals surface area contributed by atoms with Gasteiger partial charge in [-0.15, -0.1) is 0 Å². The van der Waals surface area contributed by atoms with Crippen LogP contribution in [-0.4, -0.2) is 6.04 Å². The van der Waals surface area contributed by atoms with E-state index in [0.717, 1.165) is 28.7 Å². The molecule has 0 atom stereocenters. The fourth-order valence-corrected chi connectivity index (χ4v) is 5.26. The predicted octanol–water partition coefficient (Wildman–Crippen LogP) is 4.89. The van der Waals surface area contributed by atoms with Gasteiger partial charge in [-0.3, -0.25) is 0 Å². The molecule has 19 heavy (non-hydrogen) atoms. The number of rotatable bonds is 2. The maximum Gasteiger partial charge on any atom is 0.0426 e. The van der Waals surface area contributed by atoms with Crippen LogP contribution in [0.2, 0.25) is 5.02 Å². The molecule has 0 amide bonds. The third-order valence-corrected chi connectivity index (χ3v) is 5.98. The van der Waals surface area contributed by atoms with Crippen LogP contribution >= 0.6 is 11.6 Å². The highest BCUT2D eigenvalue weighted by Crippen LogP contribution is 2.54. The molecule has 4 bridgehead atoms. The van der Waals surface area contributed by atoms with Crippen LogP contribution in [0.25, 0.3) is 0 Å². The van der Waals surface area contributed by atoms with Crippen LogP contribution in [-0.2, 0) is 0 Å². The van der Waals surface area contributed by atoms with Gasteiger partial charge in [0.05, 0.1) is 0 Å². The molecule has 4 saturated carbocycles. The molecule has 4 fully saturated rings. The van der Waals surface area contributed by atoms with Crippen LogP contribution in [0, 0.1) is 30.6 Å². The van der Waals surface area contributed by atoms with Gasteiger partial charge in [-0.1, -0.05) is 17.7 Å². The molecule has 1 aromatic rings. The van der Waals surface area contributed by atoms with Crippen molar-refractivity contribution in [3.05, 3.63) is 28.8 Å². The summed E-state index contributed by atoms with van der Waals surface area (Å²) in [5.74, 6) is 3.91. The largest absolute Gasteiger partial charge is 0.381 e. The molecule has 0 aliphatic heterocycles. The van der Waals surface area contributed by atoms with E-state index in [1.807, 2.05) is 6.07 Å². The van der Waals surface area contributed by atoms with Crippen LogP contribution in [0.3, 0.4) is 0 Å². The first kappa shape index (κ1) is 12.1. The topological polar surface area (TPSA) is 12.0 Å². The number of nitrogens with one attached hydrogen (secondary N) is 1. The minimum atomic E-state index is 0.699. The highest BCUT2D eigenvalue weighted by atomic mass is 35.5. The van der Waals surface area contributed by atoms with Gasteiger partial charge in [-0.2, -0.15) is 0 Å². The third-order valence-electron chi connectivity index (χ3n) is 5.75. The summed E-state index contributed by atoms with van der Waals surface area (Å²) in [5, 5.41) is 4.69. The number of hydrogen-bond acceptors (Lipinski definition) is 1. The summed E-state index contributed by atoms with van der Waals surface area (Å²) >= 11 is 6.15. The Hall–Kier alpha value is -0.690. The maximum absolute atomic E-state index is 6.15. The van der Waals surface area contributed by atoms with Crippen LogP contribution in [0.15, 0.2) is 18.2 Å². The van der Waals surface area contributed by atoms with E-state index >= 15 is 0 Å². The summed E-state index contributed by atoms with van der Waals surface area (Å²) in [6.45, 7) is 2.18. The van der Waals surface area contributed by atoms with Crippen LogP contribution in [0.5, 0.6) is 0 Å². The van der Waals surface area contributed by atoms with E-state index in [9.17, 15) is 0 Å². The SMILES string of the molecule is Cc1ccc(Cl)cc1NC1C2CC3CC(C2)CC1C3. The van der Waals surface area contributed by atoms with Crippen LogP contribution in [0.4, 0.5) is 5.69 Å². The van der Waals surface area contributed by atoms with Gasteiger partial charge in [0, 0.05) is 16.8 Å². The van der Waals surface area contributed by atoms with Crippen molar-refractivity contribution in [2.24, 2.45) is 23.7 Å². The Labute approximate surface area is 120 Å². The van der Waals surface area contributed by atoms with E-state index in [-0.39, 0.29) is 0 Å². The Bertz CT molecular complexity index is 468. The molecule has 2 heteroatoms. The molecule has 0 unspecified atom stereocenters. The third kappa shape index (κ3) is 2.07. The second kappa shape index (κ2) is 4.41. The van der Waals surface area contributed by atoms with E-state index in [4.69, 9.17) is 11.6 Å². The second-order valence-corrected chi connectivity index (χ2v) is 7.50. The molecule has 4 aliphatic carbocycles. The normalized spacial score (nSPS) is 39.6.